The molecule has 1 nitrogen and oxygen atoms in total. The second-order valence-corrected chi connectivity index (χ2v) is 7.05. The Balaban J connectivity index is 3.91. The summed E-state index contributed by atoms with van der Waals surface area (Å²) >= 11 is 0. The number of nitrogens with zero attached hydrogens (tertiary/aromatic N) is 1. The molecule has 0 heterocycles. The lowest BCUT2D eigenvalue weighted by molar-refractivity contribution is 0.0873. The molecule has 1 heteroatoms. The van der Waals surface area contributed by atoms with Crippen molar-refractivity contribution in [2.45, 2.75) is 117 Å². The van der Waals surface area contributed by atoms with Crippen molar-refractivity contribution in [2.24, 2.45) is 0 Å². The summed E-state index contributed by atoms with van der Waals surface area (Å²) in [5.74, 6) is 0. The Morgan fingerprint density at radius 2 is 1.10 bits per heavy atom. The van der Waals surface area contributed by atoms with E-state index in [1.54, 1.807) is 0 Å². The molecule has 0 saturated carbocycles. The van der Waals surface area contributed by atoms with Gasteiger partial charge < -0.3 is 0 Å². The fourth-order valence-electron chi connectivity index (χ4n) is 3.76. The van der Waals surface area contributed by atoms with E-state index >= 15 is 0 Å². The standard InChI is InChI=1S/C20H43N/c1-6-10-11-12-13-14-15-16-19-21(9-4)20(5,17-7-2)18-8-3/h6-19H2,1-5H3. The van der Waals surface area contributed by atoms with Crippen LogP contribution >= 0.6 is 0 Å². The van der Waals surface area contributed by atoms with Crippen LogP contribution in [0.25, 0.3) is 0 Å². The predicted octanol–water partition coefficient (Wildman–Crippen LogP) is 6.81. The number of hydrogen-bond donors (Lipinski definition) is 0. The fourth-order valence-corrected chi connectivity index (χ4v) is 3.76. The SMILES string of the molecule is CCCCCCCCCCN(CC)C(C)(CCC)CCC. The zero-order valence-electron chi connectivity index (χ0n) is 15.8. The summed E-state index contributed by atoms with van der Waals surface area (Å²) in [6.45, 7) is 14.3. The van der Waals surface area contributed by atoms with E-state index in [4.69, 9.17) is 0 Å². The average Bonchev–Trinajstić information content (AvgIpc) is 2.46. The van der Waals surface area contributed by atoms with Gasteiger partial charge in [-0.2, -0.15) is 0 Å². The quantitative estimate of drug-likeness (QED) is 0.300. The molecule has 128 valence electrons. The van der Waals surface area contributed by atoms with Gasteiger partial charge in [0.2, 0.25) is 0 Å². The molecule has 0 amide bonds. The predicted molar refractivity (Wildman–Crippen MR) is 98.1 cm³/mol. The second kappa shape index (κ2) is 13.6. The third kappa shape index (κ3) is 9.55. The summed E-state index contributed by atoms with van der Waals surface area (Å²) in [6.07, 6.45) is 16.7. The third-order valence-corrected chi connectivity index (χ3v) is 5.00. The van der Waals surface area contributed by atoms with Crippen LogP contribution in [-0.2, 0) is 0 Å². The van der Waals surface area contributed by atoms with Crippen LogP contribution in [-0.4, -0.2) is 23.5 Å². The highest BCUT2D eigenvalue weighted by Gasteiger charge is 2.28. The fraction of sp³-hybridized carbons (Fsp3) is 1.00. The maximum Gasteiger partial charge on any atom is 0.0181 e. The van der Waals surface area contributed by atoms with Crippen LogP contribution in [0.15, 0.2) is 0 Å². The van der Waals surface area contributed by atoms with Crippen LogP contribution in [0.1, 0.15) is 112 Å². The van der Waals surface area contributed by atoms with E-state index in [0.717, 1.165) is 0 Å². The molecule has 0 spiro atoms. The summed E-state index contributed by atoms with van der Waals surface area (Å²) in [7, 11) is 0. The minimum Gasteiger partial charge on any atom is -0.298 e. The first-order valence-electron chi connectivity index (χ1n) is 9.89. The Morgan fingerprint density at radius 3 is 1.52 bits per heavy atom. The van der Waals surface area contributed by atoms with E-state index in [-0.39, 0.29) is 0 Å². The molecular formula is C20H43N. The molecule has 0 radical (unpaired) electrons. The van der Waals surface area contributed by atoms with Crippen molar-refractivity contribution in [1.82, 2.24) is 4.90 Å². The molecule has 0 aromatic heterocycles. The topological polar surface area (TPSA) is 3.24 Å². The number of hydrogen-bond acceptors (Lipinski definition) is 1. The summed E-state index contributed by atoms with van der Waals surface area (Å²) in [4.78, 5) is 2.76. The Hall–Kier alpha value is -0.0400. The van der Waals surface area contributed by atoms with Crippen molar-refractivity contribution in [2.75, 3.05) is 13.1 Å². The molecule has 0 atom stereocenters. The molecular weight excluding hydrogens is 254 g/mol. The summed E-state index contributed by atoms with van der Waals surface area (Å²) in [5, 5.41) is 0. The minimum absolute atomic E-state index is 0.444. The van der Waals surface area contributed by atoms with Gasteiger partial charge in [0.1, 0.15) is 0 Å². The van der Waals surface area contributed by atoms with Crippen LogP contribution in [0, 0.1) is 0 Å². The molecule has 0 aliphatic rings. The molecule has 0 N–H and O–H groups in total. The molecule has 0 bridgehead atoms. The smallest absolute Gasteiger partial charge is 0.0181 e. The van der Waals surface area contributed by atoms with E-state index in [9.17, 15) is 0 Å². The Kier molecular flexibility index (Phi) is 13.6. The first-order valence-corrected chi connectivity index (χ1v) is 9.89. The Bertz CT molecular complexity index is 206. The highest BCUT2D eigenvalue weighted by atomic mass is 15.2. The number of unbranched alkanes of at least 4 members (excludes halogenated alkanes) is 7. The van der Waals surface area contributed by atoms with E-state index in [0.29, 0.717) is 5.54 Å². The lowest BCUT2D eigenvalue weighted by atomic mass is 9.88. The molecule has 0 aromatic rings. The zero-order valence-corrected chi connectivity index (χ0v) is 15.8. The van der Waals surface area contributed by atoms with Crippen molar-refractivity contribution >= 4 is 0 Å². The van der Waals surface area contributed by atoms with Gasteiger partial charge in [-0.1, -0.05) is 85.5 Å². The second-order valence-electron chi connectivity index (χ2n) is 7.05. The van der Waals surface area contributed by atoms with E-state index in [1.165, 1.54) is 90.1 Å². The van der Waals surface area contributed by atoms with Gasteiger partial charge in [0.25, 0.3) is 0 Å². The van der Waals surface area contributed by atoms with Gasteiger partial charge in [-0.05, 0) is 39.3 Å². The van der Waals surface area contributed by atoms with E-state index < -0.39 is 0 Å². The van der Waals surface area contributed by atoms with Crippen molar-refractivity contribution in [3.8, 4) is 0 Å². The largest absolute Gasteiger partial charge is 0.298 e. The normalized spacial score (nSPS) is 12.3. The van der Waals surface area contributed by atoms with Gasteiger partial charge in [-0.15, -0.1) is 0 Å². The Labute approximate surface area is 135 Å². The van der Waals surface area contributed by atoms with Gasteiger partial charge in [0, 0.05) is 5.54 Å². The highest BCUT2D eigenvalue weighted by Crippen LogP contribution is 2.27. The monoisotopic (exact) mass is 297 g/mol. The maximum absolute atomic E-state index is 2.76. The molecule has 0 unspecified atom stereocenters. The van der Waals surface area contributed by atoms with Gasteiger partial charge in [-0.3, -0.25) is 4.90 Å². The van der Waals surface area contributed by atoms with Crippen LogP contribution in [0.5, 0.6) is 0 Å². The first-order chi connectivity index (χ1) is 10.1. The lowest BCUT2D eigenvalue weighted by Crippen LogP contribution is -2.46. The van der Waals surface area contributed by atoms with Gasteiger partial charge in [-0.25, -0.2) is 0 Å². The van der Waals surface area contributed by atoms with Gasteiger partial charge in [0.15, 0.2) is 0 Å². The van der Waals surface area contributed by atoms with Crippen LogP contribution in [0.3, 0.4) is 0 Å². The third-order valence-electron chi connectivity index (χ3n) is 5.00. The van der Waals surface area contributed by atoms with E-state index in [1.807, 2.05) is 0 Å². The zero-order chi connectivity index (χ0) is 16.0. The van der Waals surface area contributed by atoms with Crippen LogP contribution in [0.4, 0.5) is 0 Å². The van der Waals surface area contributed by atoms with Crippen molar-refractivity contribution < 1.29 is 0 Å². The molecule has 0 aromatic carbocycles. The van der Waals surface area contributed by atoms with Crippen LogP contribution < -0.4 is 0 Å². The van der Waals surface area contributed by atoms with Crippen LogP contribution in [0.2, 0.25) is 0 Å². The van der Waals surface area contributed by atoms with E-state index in [2.05, 4.69) is 39.5 Å². The molecule has 0 saturated heterocycles. The first kappa shape index (κ1) is 21.0. The van der Waals surface area contributed by atoms with Gasteiger partial charge >= 0.3 is 0 Å². The van der Waals surface area contributed by atoms with Gasteiger partial charge in [0.05, 0.1) is 0 Å². The average molecular weight is 298 g/mol. The maximum atomic E-state index is 2.76. The summed E-state index contributed by atoms with van der Waals surface area (Å²) in [5.41, 5.74) is 0.444. The van der Waals surface area contributed by atoms with Crippen molar-refractivity contribution in [1.29, 1.82) is 0 Å². The molecule has 0 aliphatic heterocycles. The van der Waals surface area contributed by atoms with Crippen molar-refractivity contribution in [3.63, 3.8) is 0 Å². The number of rotatable bonds is 15. The Morgan fingerprint density at radius 1 is 0.619 bits per heavy atom. The molecule has 0 rings (SSSR count). The molecule has 0 fully saturated rings. The summed E-state index contributed by atoms with van der Waals surface area (Å²) < 4.78 is 0. The minimum atomic E-state index is 0.444. The highest BCUT2D eigenvalue weighted by molar-refractivity contribution is 4.85. The molecule has 21 heavy (non-hydrogen) atoms. The lowest BCUT2D eigenvalue weighted by Gasteiger charge is -2.41. The molecule has 0 aliphatic carbocycles. The summed E-state index contributed by atoms with van der Waals surface area (Å²) in [6, 6.07) is 0. The van der Waals surface area contributed by atoms with Crippen molar-refractivity contribution in [3.05, 3.63) is 0 Å².